The molecule has 1 fully saturated rings. The Kier molecular flexibility index (Phi) is 8.54. The third kappa shape index (κ3) is 7.19. The molecule has 2 N–H and O–H groups in total. The Morgan fingerprint density at radius 3 is 2.48 bits per heavy atom. The molecule has 1 aliphatic heterocycles. The van der Waals surface area contributed by atoms with Gasteiger partial charge in [-0.3, -0.25) is 19.8 Å². The van der Waals surface area contributed by atoms with E-state index in [1.165, 1.54) is 0 Å². The maximum absolute atomic E-state index is 12.4. The van der Waals surface area contributed by atoms with E-state index in [2.05, 4.69) is 10.6 Å². The molecule has 1 aromatic rings. The molecule has 27 heavy (non-hydrogen) atoms. The minimum atomic E-state index is -0.456. The average molecular weight is 395 g/mol. The Labute approximate surface area is 165 Å². The predicted molar refractivity (Wildman–Crippen MR) is 105 cm³/mol. The third-order valence-electron chi connectivity index (χ3n) is 4.46. The summed E-state index contributed by atoms with van der Waals surface area (Å²) >= 11 is 6.11. The third-order valence-corrected chi connectivity index (χ3v) is 4.83. The molecule has 0 aliphatic carbocycles. The Bertz CT molecular complexity index is 660. The predicted octanol–water partition coefficient (Wildman–Crippen LogP) is 1.65. The number of nitrogens with one attached hydrogen (secondary N) is 2. The smallest absolute Gasteiger partial charge is 0.321 e. The Morgan fingerprint density at radius 1 is 1.11 bits per heavy atom. The number of rotatable bonds is 7. The average Bonchev–Trinajstić information content (AvgIpc) is 2.64. The van der Waals surface area contributed by atoms with Crippen LogP contribution in [0.15, 0.2) is 24.3 Å². The molecule has 0 aromatic heterocycles. The molecule has 148 valence electrons. The number of urea groups is 1. The van der Waals surface area contributed by atoms with Crippen LogP contribution in [0.2, 0.25) is 5.02 Å². The van der Waals surface area contributed by atoms with Crippen LogP contribution in [0, 0.1) is 0 Å². The lowest BCUT2D eigenvalue weighted by Crippen LogP contribution is -2.52. The quantitative estimate of drug-likeness (QED) is 0.689. The number of hydrogen-bond acceptors (Lipinski definition) is 4. The summed E-state index contributed by atoms with van der Waals surface area (Å²) in [4.78, 5) is 39.7. The highest BCUT2D eigenvalue weighted by molar-refractivity contribution is 6.31. The molecule has 0 spiro atoms. The van der Waals surface area contributed by atoms with Crippen LogP contribution >= 0.6 is 11.6 Å². The molecular weight excluding hydrogens is 368 g/mol. The monoisotopic (exact) mass is 394 g/mol. The number of carbonyl (C=O) groups excluding carboxylic acids is 3. The van der Waals surface area contributed by atoms with Crippen LogP contribution in [0.1, 0.15) is 25.3 Å². The Hall–Kier alpha value is -2.12. The van der Waals surface area contributed by atoms with Gasteiger partial charge in [-0.1, -0.05) is 43.1 Å². The molecule has 7 nitrogen and oxygen atoms in total. The number of imide groups is 1. The van der Waals surface area contributed by atoms with Crippen molar-refractivity contribution in [1.29, 1.82) is 0 Å². The lowest BCUT2D eigenvalue weighted by atomic mass is 10.1. The van der Waals surface area contributed by atoms with Crippen molar-refractivity contribution in [3.8, 4) is 0 Å². The van der Waals surface area contributed by atoms with Crippen molar-refractivity contribution in [3.63, 3.8) is 0 Å². The van der Waals surface area contributed by atoms with E-state index in [0.29, 0.717) is 37.7 Å². The van der Waals surface area contributed by atoms with Gasteiger partial charge >= 0.3 is 6.03 Å². The van der Waals surface area contributed by atoms with Crippen LogP contribution in [-0.4, -0.2) is 66.9 Å². The molecule has 0 radical (unpaired) electrons. The van der Waals surface area contributed by atoms with Crippen molar-refractivity contribution in [2.24, 2.45) is 0 Å². The van der Waals surface area contributed by atoms with Crippen LogP contribution in [0.3, 0.4) is 0 Å². The van der Waals surface area contributed by atoms with Crippen molar-refractivity contribution < 1.29 is 14.4 Å². The molecule has 0 saturated carbocycles. The number of piperazine rings is 1. The van der Waals surface area contributed by atoms with Gasteiger partial charge in [-0.15, -0.1) is 0 Å². The summed E-state index contributed by atoms with van der Waals surface area (Å²) in [5.74, 6) is -0.303. The number of carbonyl (C=O) groups is 3. The maximum atomic E-state index is 12.4. The zero-order chi connectivity index (χ0) is 19.6. The summed E-state index contributed by atoms with van der Waals surface area (Å²) in [5.41, 5.74) is 0.819. The van der Waals surface area contributed by atoms with Gasteiger partial charge in [-0.2, -0.15) is 0 Å². The van der Waals surface area contributed by atoms with Crippen LogP contribution in [0.25, 0.3) is 0 Å². The fourth-order valence-corrected chi connectivity index (χ4v) is 3.07. The second-order valence-corrected chi connectivity index (χ2v) is 6.99. The number of nitrogens with zero attached hydrogens (tertiary/aromatic N) is 2. The van der Waals surface area contributed by atoms with Gasteiger partial charge in [0.1, 0.15) is 0 Å². The van der Waals surface area contributed by atoms with Crippen LogP contribution in [-0.2, 0) is 16.0 Å². The van der Waals surface area contributed by atoms with Crippen LogP contribution in [0.5, 0.6) is 0 Å². The largest absolute Gasteiger partial charge is 0.340 e. The first-order chi connectivity index (χ1) is 13.0. The van der Waals surface area contributed by atoms with E-state index in [1.54, 1.807) is 11.0 Å². The van der Waals surface area contributed by atoms with E-state index < -0.39 is 6.03 Å². The van der Waals surface area contributed by atoms with Crippen LogP contribution in [0.4, 0.5) is 4.79 Å². The van der Waals surface area contributed by atoms with Crippen LogP contribution < -0.4 is 10.6 Å². The molecule has 0 bridgehead atoms. The van der Waals surface area contributed by atoms with Crippen molar-refractivity contribution in [3.05, 3.63) is 34.9 Å². The van der Waals surface area contributed by atoms with E-state index in [-0.39, 0.29) is 24.8 Å². The summed E-state index contributed by atoms with van der Waals surface area (Å²) in [6.45, 7) is 5.04. The van der Waals surface area contributed by atoms with Crippen molar-refractivity contribution in [2.75, 3.05) is 39.3 Å². The van der Waals surface area contributed by atoms with Crippen molar-refractivity contribution in [2.45, 2.75) is 26.2 Å². The second kappa shape index (κ2) is 10.9. The standard InChI is InChI=1S/C19H27ClN4O3/c1-2-3-8-21-19(27)22-17(25)14-23-9-11-24(12-10-23)18(26)13-15-6-4-5-7-16(15)20/h4-7H,2-3,8-14H2,1H3,(H2,21,22,25,27). The van der Waals surface area contributed by atoms with E-state index in [9.17, 15) is 14.4 Å². The molecule has 4 amide bonds. The highest BCUT2D eigenvalue weighted by atomic mass is 35.5. The number of amides is 4. The van der Waals surface area contributed by atoms with Gasteiger partial charge in [0.25, 0.3) is 0 Å². The molecule has 1 aliphatic rings. The lowest BCUT2D eigenvalue weighted by molar-refractivity contribution is -0.132. The highest BCUT2D eigenvalue weighted by Crippen LogP contribution is 2.16. The van der Waals surface area contributed by atoms with Gasteiger partial charge in [0.2, 0.25) is 11.8 Å². The van der Waals surface area contributed by atoms with Gasteiger partial charge < -0.3 is 10.2 Å². The maximum Gasteiger partial charge on any atom is 0.321 e. The van der Waals surface area contributed by atoms with E-state index >= 15 is 0 Å². The Morgan fingerprint density at radius 2 is 1.81 bits per heavy atom. The van der Waals surface area contributed by atoms with Gasteiger partial charge in [-0.05, 0) is 18.1 Å². The summed E-state index contributed by atoms with van der Waals surface area (Å²) < 4.78 is 0. The molecule has 1 aromatic carbocycles. The minimum Gasteiger partial charge on any atom is -0.340 e. The second-order valence-electron chi connectivity index (χ2n) is 6.58. The van der Waals surface area contributed by atoms with E-state index in [4.69, 9.17) is 11.6 Å². The summed E-state index contributed by atoms with van der Waals surface area (Å²) in [5, 5.41) is 5.58. The zero-order valence-corrected chi connectivity index (χ0v) is 16.4. The number of benzene rings is 1. The van der Waals surface area contributed by atoms with Gasteiger partial charge in [0.05, 0.1) is 13.0 Å². The van der Waals surface area contributed by atoms with Gasteiger partial charge in [0.15, 0.2) is 0 Å². The molecule has 8 heteroatoms. The summed E-state index contributed by atoms with van der Waals surface area (Å²) in [6, 6.07) is 6.88. The fourth-order valence-electron chi connectivity index (χ4n) is 2.86. The minimum absolute atomic E-state index is 0.0301. The molecular formula is C19H27ClN4O3. The SMILES string of the molecule is CCCCNC(=O)NC(=O)CN1CCN(C(=O)Cc2ccccc2Cl)CC1. The summed E-state index contributed by atoms with van der Waals surface area (Å²) in [6.07, 6.45) is 2.14. The first-order valence-electron chi connectivity index (χ1n) is 9.30. The first kappa shape index (κ1) is 21.2. The molecule has 0 atom stereocenters. The number of hydrogen-bond donors (Lipinski definition) is 2. The number of halogens is 1. The molecule has 1 heterocycles. The molecule has 2 rings (SSSR count). The van der Waals surface area contributed by atoms with Crippen molar-refractivity contribution >= 4 is 29.4 Å². The van der Waals surface area contributed by atoms with E-state index in [0.717, 1.165) is 18.4 Å². The number of unbranched alkanes of at least 4 members (excludes halogenated alkanes) is 1. The van der Waals surface area contributed by atoms with Gasteiger partial charge in [0, 0.05) is 37.7 Å². The zero-order valence-electron chi connectivity index (χ0n) is 15.7. The fraction of sp³-hybridized carbons (Fsp3) is 0.526. The Balaban J connectivity index is 1.70. The van der Waals surface area contributed by atoms with Crippen molar-refractivity contribution in [1.82, 2.24) is 20.4 Å². The lowest BCUT2D eigenvalue weighted by Gasteiger charge is -2.34. The topological polar surface area (TPSA) is 81.8 Å². The first-order valence-corrected chi connectivity index (χ1v) is 9.68. The molecule has 1 saturated heterocycles. The normalized spacial score (nSPS) is 14.7. The summed E-state index contributed by atoms with van der Waals surface area (Å²) in [7, 11) is 0. The molecule has 0 unspecified atom stereocenters. The highest BCUT2D eigenvalue weighted by Gasteiger charge is 2.23. The van der Waals surface area contributed by atoms with Gasteiger partial charge in [-0.25, -0.2) is 4.79 Å². The van der Waals surface area contributed by atoms with E-state index in [1.807, 2.05) is 30.0 Å².